The van der Waals surface area contributed by atoms with E-state index in [-0.39, 0.29) is 13.2 Å². The Morgan fingerprint density at radius 3 is 2.36 bits per heavy atom. The van der Waals surface area contributed by atoms with Gasteiger partial charge in [-0.25, -0.2) is 8.42 Å². The number of hydrogen-bond donors (Lipinski definition) is 2. The quantitative estimate of drug-likeness (QED) is 0.298. The first-order valence-electron chi connectivity index (χ1n) is 9.88. The fourth-order valence-electron chi connectivity index (χ4n) is 3.37. The summed E-state index contributed by atoms with van der Waals surface area (Å²) in [5.41, 5.74) is 0. The van der Waals surface area contributed by atoms with Crippen molar-refractivity contribution in [2.75, 3.05) is 39.9 Å². The lowest BCUT2D eigenvalue weighted by molar-refractivity contribution is -0.254. The van der Waals surface area contributed by atoms with Crippen molar-refractivity contribution in [1.82, 2.24) is 10.3 Å². The number of nitrogens with zero attached hydrogens (tertiary/aromatic N) is 2. The van der Waals surface area contributed by atoms with Crippen LogP contribution in [0.3, 0.4) is 0 Å². The summed E-state index contributed by atoms with van der Waals surface area (Å²) in [5.74, 6) is -0.375. The summed E-state index contributed by atoms with van der Waals surface area (Å²) in [4.78, 5) is 0. The van der Waals surface area contributed by atoms with Crippen LogP contribution in [0.15, 0.2) is 5.10 Å². The molecule has 0 unspecified atom stereocenters. The highest BCUT2D eigenvalue weighted by molar-refractivity contribution is 7.94. The van der Waals surface area contributed by atoms with E-state index in [4.69, 9.17) is 19.3 Å². The molecule has 0 amide bonds. The van der Waals surface area contributed by atoms with Gasteiger partial charge in [-0.15, -0.1) is 5.10 Å². The van der Waals surface area contributed by atoms with Crippen molar-refractivity contribution in [1.29, 1.82) is 0 Å². The smallest absolute Gasteiger partial charge is 0.279 e. The zero-order chi connectivity index (χ0) is 20.6. The third kappa shape index (κ3) is 4.62. The van der Waals surface area contributed by atoms with Gasteiger partial charge in [0.05, 0.1) is 18.0 Å². The van der Waals surface area contributed by atoms with Gasteiger partial charge < -0.3 is 24.6 Å². The Labute approximate surface area is 167 Å². The highest BCUT2D eigenvalue weighted by atomic mass is 32.2. The van der Waals surface area contributed by atoms with E-state index in [1.54, 1.807) is 25.8 Å². The van der Waals surface area contributed by atoms with E-state index in [0.717, 1.165) is 25.9 Å². The van der Waals surface area contributed by atoms with Crippen LogP contribution >= 0.6 is 0 Å². The summed E-state index contributed by atoms with van der Waals surface area (Å²) in [6, 6.07) is 0. The molecule has 28 heavy (non-hydrogen) atoms. The van der Waals surface area contributed by atoms with E-state index < -0.39 is 31.4 Å². The highest BCUT2D eigenvalue weighted by Gasteiger charge is 2.62. The van der Waals surface area contributed by atoms with Crippen LogP contribution in [0.1, 0.15) is 46.5 Å². The van der Waals surface area contributed by atoms with Gasteiger partial charge in [0.2, 0.25) is 0 Å². The first-order valence-corrected chi connectivity index (χ1v) is 11.4. The van der Waals surface area contributed by atoms with Crippen LogP contribution in [-0.2, 0) is 24.0 Å². The molecule has 9 nitrogen and oxygen atoms in total. The van der Waals surface area contributed by atoms with E-state index in [1.807, 2.05) is 7.05 Å². The number of ether oxygens (including phenoxy) is 3. The van der Waals surface area contributed by atoms with Crippen LogP contribution < -0.4 is 5.32 Å². The van der Waals surface area contributed by atoms with Gasteiger partial charge in [0.15, 0.2) is 15.6 Å². The molecule has 2 aliphatic heterocycles. The second-order valence-electron chi connectivity index (χ2n) is 8.79. The molecule has 1 aliphatic carbocycles. The van der Waals surface area contributed by atoms with Gasteiger partial charge in [-0.1, -0.05) is 0 Å². The number of aliphatic hydroxyl groups excluding tert-OH is 1. The van der Waals surface area contributed by atoms with Gasteiger partial charge in [0.1, 0.15) is 4.75 Å². The molecule has 2 heterocycles. The number of sulfone groups is 1. The molecule has 2 N–H and O–H groups in total. The minimum atomic E-state index is -3.39. The molecule has 0 spiro atoms. The molecule has 3 fully saturated rings. The van der Waals surface area contributed by atoms with Gasteiger partial charge in [-0.2, -0.15) is 0 Å². The lowest BCUT2D eigenvalue weighted by Gasteiger charge is -2.42. The Morgan fingerprint density at radius 2 is 1.82 bits per heavy atom. The normalized spacial score (nSPS) is 28.6. The zero-order valence-electron chi connectivity index (χ0n) is 17.2. The number of hydrazone groups is 1. The Balaban J connectivity index is 1.40. The summed E-state index contributed by atoms with van der Waals surface area (Å²) in [6.07, 6.45) is 2.35. The van der Waals surface area contributed by atoms with Crippen LogP contribution in [0.2, 0.25) is 0 Å². The van der Waals surface area contributed by atoms with Crippen molar-refractivity contribution in [3.63, 3.8) is 0 Å². The van der Waals surface area contributed by atoms with Crippen molar-refractivity contribution in [3.8, 4) is 0 Å². The largest absolute Gasteiger partial charge is 0.436 e. The van der Waals surface area contributed by atoms with Crippen molar-refractivity contribution < 1.29 is 27.7 Å². The standard InChI is InChI=1S/C18H33N3O6S/c1-16(2)25-12-17(3,13-26-16)28(23,24)18(7-8-18)11-19-9-5-6-10-21(4)20-14-15(22)27-14/h15,19,22H,5-13H2,1-4H3/b20-14-/t15-/m1/s1. The second kappa shape index (κ2) is 7.71. The topological polar surface area (TPSA) is 113 Å². The molecule has 1 atom stereocenters. The average molecular weight is 420 g/mol. The lowest BCUT2D eigenvalue weighted by atomic mass is 10.1. The van der Waals surface area contributed by atoms with Crippen LogP contribution in [-0.4, -0.2) is 85.9 Å². The van der Waals surface area contributed by atoms with Crippen LogP contribution in [0.4, 0.5) is 0 Å². The average Bonchev–Trinajstić information content (AvgIpc) is 3.53. The first-order chi connectivity index (χ1) is 13.0. The predicted octanol–water partition coefficient (Wildman–Crippen LogP) is 0.439. The number of hydrogen-bond acceptors (Lipinski definition) is 9. The zero-order valence-corrected chi connectivity index (χ0v) is 18.0. The first kappa shape index (κ1) is 21.8. The fourth-order valence-corrected chi connectivity index (χ4v) is 5.78. The molecule has 162 valence electrons. The molecule has 3 aliphatic rings. The van der Waals surface area contributed by atoms with Crippen LogP contribution in [0, 0.1) is 0 Å². The number of rotatable bonds is 10. The summed E-state index contributed by atoms with van der Waals surface area (Å²) in [5, 5.41) is 18.2. The van der Waals surface area contributed by atoms with Crippen molar-refractivity contribution in [3.05, 3.63) is 0 Å². The minimum absolute atomic E-state index is 0.164. The van der Waals surface area contributed by atoms with Gasteiger partial charge in [-0.3, -0.25) is 5.01 Å². The number of aliphatic hydroxyl groups is 1. The maximum absolute atomic E-state index is 13.3. The van der Waals surface area contributed by atoms with Crippen LogP contribution in [0.25, 0.3) is 0 Å². The SMILES string of the molecule is CN(CCCCNCC1(S(=O)(=O)C2(C)COC(C)(C)OC2)CC1)/N=C1\O[C@H]1O. The maximum atomic E-state index is 13.3. The molecule has 0 aromatic heterocycles. The Kier molecular flexibility index (Phi) is 6.00. The Morgan fingerprint density at radius 1 is 1.21 bits per heavy atom. The van der Waals surface area contributed by atoms with Crippen molar-refractivity contribution in [2.45, 2.75) is 68.0 Å². The van der Waals surface area contributed by atoms with Gasteiger partial charge in [0, 0.05) is 20.1 Å². The lowest BCUT2D eigenvalue weighted by Crippen LogP contribution is -2.58. The summed E-state index contributed by atoms with van der Waals surface area (Å²) >= 11 is 0. The predicted molar refractivity (Wildman–Crippen MR) is 105 cm³/mol. The van der Waals surface area contributed by atoms with E-state index in [1.165, 1.54) is 0 Å². The molecule has 0 radical (unpaired) electrons. The molecular weight excluding hydrogens is 386 g/mol. The van der Waals surface area contributed by atoms with E-state index in [2.05, 4.69) is 10.4 Å². The minimum Gasteiger partial charge on any atom is -0.436 e. The van der Waals surface area contributed by atoms with Crippen molar-refractivity contribution in [2.24, 2.45) is 5.10 Å². The second-order valence-corrected chi connectivity index (χ2v) is 11.6. The Bertz CT molecular complexity index is 694. The number of epoxide rings is 1. The molecule has 2 saturated heterocycles. The monoisotopic (exact) mass is 419 g/mol. The summed E-state index contributed by atoms with van der Waals surface area (Å²) < 4.78 is 40.9. The molecule has 0 bridgehead atoms. The van der Waals surface area contributed by atoms with Crippen molar-refractivity contribution >= 4 is 15.7 Å². The summed E-state index contributed by atoms with van der Waals surface area (Å²) in [7, 11) is -1.56. The molecular formula is C18H33N3O6S. The molecule has 10 heteroatoms. The number of unbranched alkanes of at least 4 members (excludes halogenated alkanes) is 1. The van der Waals surface area contributed by atoms with Crippen LogP contribution in [0.5, 0.6) is 0 Å². The molecule has 1 saturated carbocycles. The van der Waals surface area contributed by atoms with Gasteiger partial charge in [0.25, 0.3) is 12.2 Å². The van der Waals surface area contributed by atoms with E-state index in [9.17, 15) is 8.42 Å². The Hall–Kier alpha value is -0.940. The fraction of sp³-hybridized carbons (Fsp3) is 0.944. The third-order valence-corrected chi connectivity index (χ3v) is 8.89. The highest BCUT2D eigenvalue weighted by Crippen LogP contribution is 2.49. The maximum Gasteiger partial charge on any atom is 0.279 e. The number of nitrogens with one attached hydrogen (secondary N) is 1. The molecule has 0 aromatic carbocycles. The molecule has 0 aromatic rings. The third-order valence-electron chi connectivity index (χ3n) is 5.66. The van der Waals surface area contributed by atoms with Gasteiger partial charge in [-0.05, 0) is 53.0 Å². The van der Waals surface area contributed by atoms with E-state index in [0.29, 0.717) is 25.3 Å². The molecule has 3 rings (SSSR count). The summed E-state index contributed by atoms with van der Waals surface area (Å²) in [6.45, 7) is 7.62. The van der Waals surface area contributed by atoms with E-state index >= 15 is 0 Å². The van der Waals surface area contributed by atoms with Gasteiger partial charge >= 0.3 is 0 Å².